The number of aryl methyl sites for hydroxylation is 1. The highest BCUT2D eigenvalue weighted by Crippen LogP contribution is 2.28. The Balaban J connectivity index is 1.93. The molecule has 0 aliphatic rings. The number of carbonyl (C=O) groups is 1. The first kappa shape index (κ1) is 19.3. The molecule has 0 spiro atoms. The fourth-order valence-corrected chi connectivity index (χ4v) is 2.38. The van der Waals surface area contributed by atoms with Crippen LogP contribution in [-0.2, 0) is 17.8 Å². The molecule has 0 saturated carbocycles. The molecule has 1 N–H and O–H groups in total. The molecule has 0 aromatic heterocycles. The normalized spacial score (nSPS) is 11.3. The molecule has 136 valence electrons. The Kier molecular flexibility index (Phi) is 7.04. The van der Waals surface area contributed by atoms with Gasteiger partial charge in [-0.1, -0.05) is 41.8 Å². The monoisotopic (exact) mass is 355 g/mol. The van der Waals surface area contributed by atoms with Crippen LogP contribution in [0.25, 0.3) is 0 Å². The molecule has 0 bridgehead atoms. The van der Waals surface area contributed by atoms with Gasteiger partial charge >= 0.3 is 0 Å². The van der Waals surface area contributed by atoms with Gasteiger partial charge in [0.15, 0.2) is 17.7 Å². The van der Waals surface area contributed by atoms with E-state index in [0.717, 1.165) is 11.1 Å². The standard InChI is InChI=1S/C21H22FNO3/c1-4-11-26-19-10-9-17(13-20(19)25-3)12-18(22)21(24)23-14-16-7-5-15(2)6-8-16/h1,5-10,13,18H,11-12,14H2,2-3H3,(H,23,24). The maximum Gasteiger partial charge on any atom is 0.255 e. The Morgan fingerprint density at radius 3 is 2.54 bits per heavy atom. The van der Waals surface area contributed by atoms with Gasteiger partial charge in [0.25, 0.3) is 5.91 Å². The lowest BCUT2D eigenvalue weighted by molar-refractivity contribution is -0.126. The first-order valence-electron chi connectivity index (χ1n) is 8.24. The van der Waals surface area contributed by atoms with Crippen LogP contribution >= 0.6 is 0 Å². The number of benzene rings is 2. The van der Waals surface area contributed by atoms with Crippen molar-refractivity contribution in [1.82, 2.24) is 5.32 Å². The van der Waals surface area contributed by atoms with E-state index in [1.54, 1.807) is 18.2 Å². The average Bonchev–Trinajstić information content (AvgIpc) is 2.66. The lowest BCUT2D eigenvalue weighted by Crippen LogP contribution is -2.32. The summed E-state index contributed by atoms with van der Waals surface area (Å²) < 4.78 is 24.8. The second kappa shape index (κ2) is 9.47. The van der Waals surface area contributed by atoms with Crippen LogP contribution in [0, 0.1) is 19.3 Å². The molecule has 0 aliphatic heterocycles. The minimum absolute atomic E-state index is 0.0501. The van der Waals surface area contributed by atoms with E-state index < -0.39 is 12.1 Å². The second-order valence-corrected chi connectivity index (χ2v) is 5.85. The molecule has 0 radical (unpaired) electrons. The average molecular weight is 355 g/mol. The van der Waals surface area contributed by atoms with E-state index >= 15 is 0 Å². The number of methoxy groups -OCH3 is 1. The quantitative estimate of drug-likeness (QED) is 0.740. The fourth-order valence-electron chi connectivity index (χ4n) is 2.38. The van der Waals surface area contributed by atoms with Crippen LogP contribution in [0.3, 0.4) is 0 Å². The number of halogens is 1. The highest BCUT2D eigenvalue weighted by Gasteiger charge is 2.18. The minimum Gasteiger partial charge on any atom is -0.493 e. The van der Waals surface area contributed by atoms with E-state index in [2.05, 4.69) is 11.2 Å². The molecule has 1 atom stereocenters. The second-order valence-electron chi connectivity index (χ2n) is 5.85. The van der Waals surface area contributed by atoms with Gasteiger partial charge in [-0.15, -0.1) is 6.42 Å². The smallest absolute Gasteiger partial charge is 0.255 e. The number of hydrogen-bond acceptors (Lipinski definition) is 3. The van der Waals surface area contributed by atoms with Gasteiger partial charge in [0.2, 0.25) is 0 Å². The van der Waals surface area contributed by atoms with E-state index in [1.165, 1.54) is 7.11 Å². The van der Waals surface area contributed by atoms with Crippen molar-refractivity contribution >= 4 is 5.91 Å². The largest absolute Gasteiger partial charge is 0.493 e. The van der Waals surface area contributed by atoms with Gasteiger partial charge in [-0.2, -0.15) is 0 Å². The molecule has 26 heavy (non-hydrogen) atoms. The summed E-state index contributed by atoms with van der Waals surface area (Å²) in [5, 5.41) is 2.61. The van der Waals surface area contributed by atoms with E-state index in [-0.39, 0.29) is 13.0 Å². The van der Waals surface area contributed by atoms with Gasteiger partial charge in [-0.3, -0.25) is 4.79 Å². The maximum absolute atomic E-state index is 14.3. The van der Waals surface area contributed by atoms with Crippen LogP contribution in [0.1, 0.15) is 16.7 Å². The molecular weight excluding hydrogens is 333 g/mol. The number of nitrogens with one attached hydrogen (secondary N) is 1. The number of terminal acetylenes is 1. The Bertz CT molecular complexity index is 781. The first-order valence-corrected chi connectivity index (χ1v) is 8.24. The molecule has 0 saturated heterocycles. The Labute approximate surface area is 153 Å². The molecular formula is C21H22FNO3. The lowest BCUT2D eigenvalue weighted by Gasteiger charge is -2.13. The summed E-state index contributed by atoms with van der Waals surface area (Å²) in [6.07, 6.45) is 3.46. The molecule has 0 fully saturated rings. The number of rotatable bonds is 8. The van der Waals surface area contributed by atoms with Gasteiger partial charge in [0, 0.05) is 13.0 Å². The molecule has 0 aliphatic carbocycles. The van der Waals surface area contributed by atoms with Crippen LogP contribution in [0.15, 0.2) is 42.5 Å². The maximum atomic E-state index is 14.3. The number of alkyl halides is 1. The van der Waals surface area contributed by atoms with Crippen LogP contribution in [0.4, 0.5) is 4.39 Å². The van der Waals surface area contributed by atoms with E-state index in [0.29, 0.717) is 23.6 Å². The molecule has 2 aromatic carbocycles. The summed E-state index contributed by atoms with van der Waals surface area (Å²) in [6.45, 7) is 2.39. The highest BCUT2D eigenvalue weighted by molar-refractivity contribution is 5.80. The molecule has 1 amide bonds. The van der Waals surface area contributed by atoms with Crippen LogP contribution in [0.2, 0.25) is 0 Å². The minimum atomic E-state index is -1.65. The van der Waals surface area contributed by atoms with Gasteiger partial charge in [0.05, 0.1) is 7.11 Å². The van der Waals surface area contributed by atoms with E-state index in [9.17, 15) is 9.18 Å². The lowest BCUT2D eigenvalue weighted by atomic mass is 10.1. The van der Waals surface area contributed by atoms with Crippen molar-refractivity contribution in [3.05, 3.63) is 59.2 Å². The van der Waals surface area contributed by atoms with Crippen molar-refractivity contribution in [3.8, 4) is 23.8 Å². The highest BCUT2D eigenvalue weighted by atomic mass is 19.1. The summed E-state index contributed by atoms with van der Waals surface area (Å²) in [7, 11) is 1.49. The number of carbonyl (C=O) groups excluding carboxylic acids is 1. The third kappa shape index (κ3) is 5.52. The molecule has 2 rings (SSSR count). The molecule has 2 aromatic rings. The topological polar surface area (TPSA) is 47.6 Å². The van der Waals surface area contributed by atoms with Crippen molar-refractivity contribution in [2.75, 3.05) is 13.7 Å². The zero-order chi connectivity index (χ0) is 18.9. The van der Waals surface area contributed by atoms with Crippen molar-refractivity contribution in [2.45, 2.75) is 26.1 Å². The zero-order valence-corrected chi connectivity index (χ0v) is 14.9. The third-order valence-electron chi connectivity index (χ3n) is 3.83. The Hall–Kier alpha value is -3.00. The summed E-state index contributed by atoms with van der Waals surface area (Å²) in [4.78, 5) is 12.0. The van der Waals surface area contributed by atoms with E-state index in [1.807, 2.05) is 31.2 Å². The van der Waals surface area contributed by atoms with Gasteiger partial charge < -0.3 is 14.8 Å². The molecule has 1 unspecified atom stereocenters. The van der Waals surface area contributed by atoms with E-state index in [4.69, 9.17) is 15.9 Å². The van der Waals surface area contributed by atoms with Gasteiger partial charge in [-0.05, 0) is 30.2 Å². The summed E-state index contributed by atoms with van der Waals surface area (Å²) in [6, 6.07) is 12.7. The van der Waals surface area contributed by atoms with Crippen molar-refractivity contribution < 1.29 is 18.7 Å². The molecule has 4 nitrogen and oxygen atoms in total. The number of ether oxygens (including phenoxy) is 2. The molecule has 0 heterocycles. The molecule has 5 heteroatoms. The summed E-state index contributed by atoms with van der Waals surface area (Å²) in [5.41, 5.74) is 2.69. The Morgan fingerprint density at radius 2 is 1.88 bits per heavy atom. The zero-order valence-electron chi connectivity index (χ0n) is 14.9. The SMILES string of the molecule is C#CCOc1ccc(CC(F)C(=O)NCc2ccc(C)cc2)cc1OC. The van der Waals surface area contributed by atoms with Crippen LogP contribution < -0.4 is 14.8 Å². The fraction of sp³-hybridized carbons (Fsp3) is 0.286. The predicted molar refractivity (Wildman–Crippen MR) is 98.9 cm³/mol. The van der Waals surface area contributed by atoms with Crippen LogP contribution in [-0.4, -0.2) is 25.8 Å². The summed E-state index contributed by atoms with van der Waals surface area (Å²) >= 11 is 0. The number of hydrogen-bond donors (Lipinski definition) is 1. The van der Waals surface area contributed by atoms with Crippen LogP contribution in [0.5, 0.6) is 11.5 Å². The number of amides is 1. The van der Waals surface area contributed by atoms with Crippen molar-refractivity contribution in [2.24, 2.45) is 0 Å². The first-order chi connectivity index (χ1) is 12.5. The summed E-state index contributed by atoms with van der Waals surface area (Å²) in [5.74, 6) is 2.66. The van der Waals surface area contributed by atoms with Gasteiger partial charge in [0.1, 0.15) is 6.61 Å². The predicted octanol–water partition coefficient (Wildman–Crippen LogP) is 3.21. The van der Waals surface area contributed by atoms with Crippen molar-refractivity contribution in [3.63, 3.8) is 0 Å². The third-order valence-corrected chi connectivity index (χ3v) is 3.83. The van der Waals surface area contributed by atoms with Crippen molar-refractivity contribution in [1.29, 1.82) is 0 Å². The Morgan fingerprint density at radius 1 is 1.19 bits per heavy atom. The van der Waals surface area contributed by atoms with Gasteiger partial charge in [-0.25, -0.2) is 4.39 Å².